The second kappa shape index (κ2) is 6.47. The van der Waals surface area contributed by atoms with E-state index in [1.807, 2.05) is 18.2 Å². The highest BCUT2D eigenvalue weighted by Gasteiger charge is 2.30. The molecule has 0 unspecified atom stereocenters. The average Bonchev–Trinajstić information content (AvgIpc) is 2.42. The molecule has 1 N–H and O–H groups in total. The molecule has 21 heavy (non-hydrogen) atoms. The van der Waals surface area contributed by atoms with Crippen LogP contribution in [-0.4, -0.2) is 6.04 Å². The summed E-state index contributed by atoms with van der Waals surface area (Å²) in [6.45, 7) is 0.679. The monoisotopic (exact) mass is 367 g/mol. The van der Waals surface area contributed by atoms with Gasteiger partial charge in [-0.25, -0.2) is 4.39 Å². The highest BCUT2D eigenvalue weighted by molar-refractivity contribution is 9.10. The van der Waals surface area contributed by atoms with Crippen LogP contribution >= 0.6 is 27.5 Å². The van der Waals surface area contributed by atoms with Gasteiger partial charge >= 0.3 is 0 Å². The van der Waals surface area contributed by atoms with Crippen LogP contribution in [0.2, 0.25) is 5.02 Å². The smallest absolute Gasteiger partial charge is 0.123 e. The van der Waals surface area contributed by atoms with Gasteiger partial charge in [0.2, 0.25) is 0 Å². The van der Waals surface area contributed by atoms with Crippen molar-refractivity contribution in [3.05, 3.63) is 68.9 Å². The zero-order valence-corrected chi connectivity index (χ0v) is 13.8. The largest absolute Gasteiger partial charge is 0.310 e. The summed E-state index contributed by atoms with van der Waals surface area (Å²) in [5.74, 6) is 0.338. The fourth-order valence-corrected chi connectivity index (χ4v) is 3.45. The summed E-state index contributed by atoms with van der Waals surface area (Å²) in [5.41, 5.74) is 2.19. The van der Waals surface area contributed by atoms with E-state index >= 15 is 0 Å². The first-order valence-electron chi connectivity index (χ1n) is 7.05. The van der Waals surface area contributed by atoms with Gasteiger partial charge in [0.05, 0.1) is 0 Å². The summed E-state index contributed by atoms with van der Waals surface area (Å²) in [7, 11) is 0. The molecular weight excluding hydrogens is 353 g/mol. The number of halogens is 3. The second-order valence-corrected chi connectivity index (χ2v) is 6.76. The molecule has 3 rings (SSSR count). The van der Waals surface area contributed by atoms with Gasteiger partial charge in [0.1, 0.15) is 5.82 Å². The molecule has 0 spiro atoms. The Labute approximate surface area is 137 Å². The van der Waals surface area contributed by atoms with Gasteiger partial charge in [0, 0.05) is 22.1 Å². The standard InChI is InChI=1S/C17H16BrClFN/c18-16-6-5-13(20)7-12(16)10-21-14-8-11(9-14)15-3-1-2-4-17(15)19/h1-7,11,14,21H,8-10H2. The third-order valence-corrected chi connectivity index (χ3v) is 5.19. The van der Waals surface area contributed by atoms with Crippen LogP contribution < -0.4 is 5.32 Å². The van der Waals surface area contributed by atoms with Crippen molar-refractivity contribution in [2.45, 2.75) is 31.3 Å². The molecule has 0 amide bonds. The van der Waals surface area contributed by atoms with E-state index in [9.17, 15) is 4.39 Å². The first kappa shape index (κ1) is 15.0. The minimum Gasteiger partial charge on any atom is -0.310 e. The first-order valence-corrected chi connectivity index (χ1v) is 8.22. The van der Waals surface area contributed by atoms with Gasteiger partial charge in [0.15, 0.2) is 0 Å². The Morgan fingerprint density at radius 3 is 2.71 bits per heavy atom. The van der Waals surface area contributed by atoms with Gasteiger partial charge in [-0.1, -0.05) is 45.7 Å². The predicted octanol–water partition coefficient (Wildman–Crippen LogP) is 5.28. The van der Waals surface area contributed by atoms with Gasteiger partial charge in [0.25, 0.3) is 0 Å². The zero-order chi connectivity index (χ0) is 14.8. The fraction of sp³-hybridized carbons (Fsp3) is 0.294. The molecule has 0 radical (unpaired) electrons. The molecule has 0 aliphatic heterocycles. The molecule has 1 saturated carbocycles. The maximum absolute atomic E-state index is 13.2. The molecule has 1 aliphatic carbocycles. The van der Waals surface area contributed by atoms with E-state index in [1.54, 1.807) is 12.1 Å². The van der Waals surface area contributed by atoms with Crippen LogP contribution in [0.3, 0.4) is 0 Å². The third-order valence-electron chi connectivity index (χ3n) is 4.07. The summed E-state index contributed by atoms with van der Waals surface area (Å²) in [5, 5.41) is 4.34. The number of rotatable bonds is 4. The molecule has 1 fully saturated rings. The van der Waals surface area contributed by atoms with Gasteiger partial charge in [-0.3, -0.25) is 0 Å². The molecule has 0 bridgehead atoms. The lowest BCUT2D eigenvalue weighted by Crippen LogP contribution is -2.39. The number of hydrogen-bond acceptors (Lipinski definition) is 1. The van der Waals surface area contributed by atoms with Crippen LogP contribution in [0.1, 0.15) is 29.9 Å². The Morgan fingerprint density at radius 2 is 1.95 bits per heavy atom. The first-order chi connectivity index (χ1) is 10.1. The molecule has 0 aromatic heterocycles. The van der Waals surface area contributed by atoms with Gasteiger partial charge in [-0.05, 0) is 54.2 Å². The average molecular weight is 369 g/mol. The third kappa shape index (κ3) is 3.47. The summed E-state index contributed by atoms with van der Waals surface area (Å²) in [6, 6.07) is 13.3. The Hall–Kier alpha value is -0.900. The van der Waals surface area contributed by atoms with Crippen molar-refractivity contribution in [2.24, 2.45) is 0 Å². The Bertz CT molecular complexity index is 640. The number of hydrogen-bond donors (Lipinski definition) is 1. The van der Waals surface area contributed by atoms with Gasteiger partial charge in [-0.15, -0.1) is 0 Å². The van der Waals surface area contributed by atoms with Crippen molar-refractivity contribution in [1.82, 2.24) is 5.32 Å². The van der Waals surface area contributed by atoms with Crippen LogP contribution in [0.15, 0.2) is 46.9 Å². The molecule has 0 saturated heterocycles. The Morgan fingerprint density at radius 1 is 1.19 bits per heavy atom. The molecule has 0 atom stereocenters. The quantitative estimate of drug-likeness (QED) is 0.774. The predicted molar refractivity (Wildman–Crippen MR) is 88.2 cm³/mol. The van der Waals surface area contributed by atoms with E-state index in [-0.39, 0.29) is 5.82 Å². The summed E-state index contributed by atoms with van der Waals surface area (Å²) < 4.78 is 14.2. The van der Waals surface area contributed by atoms with E-state index in [2.05, 4.69) is 27.3 Å². The number of nitrogens with one attached hydrogen (secondary N) is 1. The molecule has 2 aromatic rings. The van der Waals surface area contributed by atoms with Crippen molar-refractivity contribution in [3.63, 3.8) is 0 Å². The molecule has 1 aliphatic rings. The molecule has 1 nitrogen and oxygen atoms in total. The van der Waals surface area contributed by atoms with Gasteiger partial charge < -0.3 is 5.32 Å². The maximum Gasteiger partial charge on any atom is 0.123 e. The van der Waals surface area contributed by atoms with E-state index in [0.717, 1.165) is 27.9 Å². The van der Waals surface area contributed by atoms with Crippen LogP contribution in [0, 0.1) is 5.82 Å². The molecule has 4 heteroatoms. The minimum atomic E-state index is -0.197. The summed E-state index contributed by atoms with van der Waals surface area (Å²) in [4.78, 5) is 0. The van der Waals surface area contributed by atoms with Crippen molar-refractivity contribution in [1.29, 1.82) is 0 Å². The molecule has 110 valence electrons. The Kier molecular flexibility index (Phi) is 4.63. The highest BCUT2D eigenvalue weighted by Crippen LogP contribution is 2.40. The van der Waals surface area contributed by atoms with E-state index < -0.39 is 0 Å². The zero-order valence-electron chi connectivity index (χ0n) is 11.5. The van der Waals surface area contributed by atoms with Crippen molar-refractivity contribution in [2.75, 3.05) is 0 Å². The van der Waals surface area contributed by atoms with Crippen LogP contribution in [-0.2, 0) is 6.54 Å². The van der Waals surface area contributed by atoms with Crippen LogP contribution in [0.25, 0.3) is 0 Å². The highest BCUT2D eigenvalue weighted by atomic mass is 79.9. The second-order valence-electron chi connectivity index (χ2n) is 5.50. The fourth-order valence-electron chi connectivity index (χ4n) is 2.78. The van der Waals surface area contributed by atoms with Crippen molar-refractivity contribution < 1.29 is 4.39 Å². The SMILES string of the molecule is Fc1ccc(Br)c(CNC2CC(c3ccccc3Cl)C2)c1. The lowest BCUT2D eigenvalue weighted by Gasteiger charge is -2.37. The topological polar surface area (TPSA) is 12.0 Å². The molecule has 2 aromatic carbocycles. The van der Waals surface area contributed by atoms with Gasteiger partial charge in [-0.2, -0.15) is 0 Å². The van der Waals surface area contributed by atoms with Crippen molar-refractivity contribution in [3.8, 4) is 0 Å². The van der Waals surface area contributed by atoms with Crippen LogP contribution in [0.4, 0.5) is 4.39 Å². The normalized spacial score (nSPS) is 21.1. The van der Waals surface area contributed by atoms with Crippen molar-refractivity contribution >= 4 is 27.5 Å². The lowest BCUT2D eigenvalue weighted by molar-refractivity contribution is 0.289. The minimum absolute atomic E-state index is 0.197. The van der Waals surface area contributed by atoms with E-state index in [0.29, 0.717) is 18.5 Å². The summed E-state index contributed by atoms with van der Waals surface area (Å²) in [6.07, 6.45) is 2.16. The number of benzene rings is 2. The Balaban J connectivity index is 1.54. The summed E-state index contributed by atoms with van der Waals surface area (Å²) >= 11 is 9.68. The molecule has 0 heterocycles. The van der Waals surface area contributed by atoms with E-state index in [1.165, 1.54) is 11.6 Å². The molecular formula is C17H16BrClFN. The lowest BCUT2D eigenvalue weighted by atomic mass is 9.76. The maximum atomic E-state index is 13.2. The van der Waals surface area contributed by atoms with E-state index in [4.69, 9.17) is 11.6 Å². The van der Waals surface area contributed by atoms with Crippen LogP contribution in [0.5, 0.6) is 0 Å².